The Morgan fingerprint density at radius 1 is 0.923 bits per heavy atom. The summed E-state index contributed by atoms with van der Waals surface area (Å²) >= 11 is 0. The summed E-state index contributed by atoms with van der Waals surface area (Å²) in [4.78, 5) is 15.9. The van der Waals surface area contributed by atoms with E-state index in [9.17, 15) is 0 Å². The maximum atomic E-state index is 4.57. The van der Waals surface area contributed by atoms with Gasteiger partial charge in [0.05, 0.1) is 17.3 Å². The standard InChI is InChI=1S/C20H18N6/c1-2-6-16(7-3-1)26-20-17(12-24-26)19(22-14-23-20)25-11-9-15(13-25)18-8-4-5-10-21-18/h1-8,10,12,14-15H,9,11,13H2/t15-/m0/s1. The molecular weight excluding hydrogens is 324 g/mol. The Morgan fingerprint density at radius 3 is 2.65 bits per heavy atom. The highest BCUT2D eigenvalue weighted by Crippen LogP contribution is 2.32. The van der Waals surface area contributed by atoms with E-state index in [-0.39, 0.29) is 0 Å². The molecule has 1 saturated heterocycles. The average Bonchev–Trinajstić information content (AvgIpc) is 3.37. The Labute approximate surface area is 151 Å². The van der Waals surface area contributed by atoms with Crippen LogP contribution in [0.1, 0.15) is 18.0 Å². The van der Waals surface area contributed by atoms with Gasteiger partial charge in [-0.2, -0.15) is 5.10 Å². The molecule has 1 fully saturated rings. The van der Waals surface area contributed by atoms with Gasteiger partial charge in [-0.15, -0.1) is 0 Å². The normalized spacial score (nSPS) is 17.1. The van der Waals surface area contributed by atoms with Crippen LogP contribution in [0.15, 0.2) is 67.3 Å². The third-order valence-electron chi connectivity index (χ3n) is 4.94. The van der Waals surface area contributed by atoms with Gasteiger partial charge in [-0.3, -0.25) is 4.98 Å². The van der Waals surface area contributed by atoms with E-state index in [1.54, 1.807) is 6.33 Å². The molecule has 0 bridgehead atoms. The maximum absolute atomic E-state index is 4.57. The van der Waals surface area contributed by atoms with Crippen LogP contribution >= 0.6 is 0 Å². The molecule has 3 aromatic heterocycles. The smallest absolute Gasteiger partial charge is 0.168 e. The quantitative estimate of drug-likeness (QED) is 0.572. The van der Waals surface area contributed by atoms with Crippen molar-refractivity contribution in [2.75, 3.05) is 18.0 Å². The van der Waals surface area contributed by atoms with Crippen molar-refractivity contribution in [3.05, 3.63) is 72.9 Å². The molecule has 5 rings (SSSR count). The number of nitrogens with zero attached hydrogens (tertiary/aromatic N) is 6. The minimum absolute atomic E-state index is 0.436. The molecule has 26 heavy (non-hydrogen) atoms. The highest BCUT2D eigenvalue weighted by molar-refractivity contribution is 5.87. The predicted molar refractivity (Wildman–Crippen MR) is 100 cm³/mol. The van der Waals surface area contributed by atoms with Gasteiger partial charge in [-0.25, -0.2) is 14.6 Å². The van der Waals surface area contributed by atoms with Gasteiger partial charge in [0.1, 0.15) is 12.1 Å². The second-order valence-corrected chi connectivity index (χ2v) is 6.51. The molecule has 0 amide bonds. The van der Waals surface area contributed by atoms with Crippen molar-refractivity contribution >= 4 is 16.9 Å². The molecule has 0 aliphatic carbocycles. The zero-order valence-corrected chi connectivity index (χ0v) is 14.2. The van der Waals surface area contributed by atoms with Gasteiger partial charge in [-0.1, -0.05) is 24.3 Å². The number of hydrogen-bond acceptors (Lipinski definition) is 5. The first kappa shape index (κ1) is 15.0. The van der Waals surface area contributed by atoms with Gasteiger partial charge in [-0.05, 0) is 30.7 Å². The molecule has 0 unspecified atom stereocenters. The monoisotopic (exact) mass is 342 g/mol. The van der Waals surface area contributed by atoms with Gasteiger partial charge >= 0.3 is 0 Å². The minimum atomic E-state index is 0.436. The van der Waals surface area contributed by atoms with Crippen molar-refractivity contribution < 1.29 is 0 Å². The third kappa shape index (κ3) is 2.50. The second-order valence-electron chi connectivity index (χ2n) is 6.51. The zero-order valence-electron chi connectivity index (χ0n) is 14.2. The van der Waals surface area contributed by atoms with E-state index in [4.69, 9.17) is 0 Å². The molecule has 0 spiro atoms. The van der Waals surface area contributed by atoms with Crippen molar-refractivity contribution in [1.82, 2.24) is 24.7 Å². The lowest BCUT2D eigenvalue weighted by molar-refractivity contribution is 0.744. The molecule has 1 aromatic carbocycles. The van der Waals surface area contributed by atoms with Crippen LogP contribution < -0.4 is 4.90 Å². The van der Waals surface area contributed by atoms with Crippen molar-refractivity contribution in [3.8, 4) is 5.69 Å². The lowest BCUT2D eigenvalue weighted by Gasteiger charge is -2.18. The van der Waals surface area contributed by atoms with E-state index >= 15 is 0 Å². The summed E-state index contributed by atoms with van der Waals surface area (Å²) in [5.41, 5.74) is 2.99. The highest BCUT2D eigenvalue weighted by Gasteiger charge is 2.27. The number of benzene rings is 1. The number of anilines is 1. The molecular formula is C20H18N6. The summed E-state index contributed by atoms with van der Waals surface area (Å²) in [6.07, 6.45) is 6.44. The Morgan fingerprint density at radius 2 is 1.81 bits per heavy atom. The minimum Gasteiger partial charge on any atom is -0.355 e. The van der Waals surface area contributed by atoms with Crippen LogP contribution in [0.2, 0.25) is 0 Å². The Hall–Kier alpha value is -3.28. The molecule has 4 aromatic rings. The van der Waals surface area contributed by atoms with Crippen LogP contribution in [0.3, 0.4) is 0 Å². The van der Waals surface area contributed by atoms with Gasteiger partial charge in [0.15, 0.2) is 5.65 Å². The van der Waals surface area contributed by atoms with Gasteiger partial charge in [0.2, 0.25) is 0 Å². The summed E-state index contributed by atoms with van der Waals surface area (Å²) in [5.74, 6) is 1.39. The first-order valence-corrected chi connectivity index (χ1v) is 8.80. The number of hydrogen-bond donors (Lipinski definition) is 0. The molecule has 1 aliphatic heterocycles. The third-order valence-corrected chi connectivity index (χ3v) is 4.94. The van der Waals surface area contributed by atoms with Crippen LogP contribution in [0.5, 0.6) is 0 Å². The van der Waals surface area contributed by atoms with E-state index < -0.39 is 0 Å². The molecule has 1 aliphatic rings. The fourth-order valence-corrected chi connectivity index (χ4v) is 3.65. The maximum Gasteiger partial charge on any atom is 0.168 e. The number of rotatable bonds is 3. The van der Waals surface area contributed by atoms with Crippen LogP contribution in [0, 0.1) is 0 Å². The lowest BCUT2D eigenvalue weighted by atomic mass is 10.0. The first-order chi connectivity index (χ1) is 12.9. The molecule has 0 radical (unpaired) electrons. The summed E-state index contributed by atoms with van der Waals surface area (Å²) in [6, 6.07) is 16.2. The molecule has 0 saturated carbocycles. The lowest BCUT2D eigenvalue weighted by Crippen LogP contribution is -2.21. The molecule has 6 nitrogen and oxygen atoms in total. The topological polar surface area (TPSA) is 59.7 Å². The fourth-order valence-electron chi connectivity index (χ4n) is 3.65. The van der Waals surface area contributed by atoms with Crippen molar-refractivity contribution in [3.63, 3.8) is 0 Å². The van der Waals surface area contributed by atoms with Crippen molar-refractivity contribution in [2.45, 2.75) is 12.3 Å². The molecule has 128 valence electrons. The SMILES string of the molecule is c1ccc(-n2ncc3c(N4CC[C@H](c5ccccn5)C4)ncnc32)cc1. The van der Waals surface area contributed by atoms with Crippen LogP contribution in [-0.4, -0.2) is 37.8 Å². The predicted octanol–water partition coefficient (Wildman–Crippen LogP) is 3.20. The van der Waals surface area contributed by atoms with Crippen LogP contribution in [0.25, 0.3) is 16.7 Å². The van der Waals surface area contributed by atoms with Crippen LogP contribution in [-0.2, 0) is 0 Å². The van der Waals surface area contributed by atoms with Gasteiger partial charge < -0.3 is 4.90 Å². The van der Waals surface area contributed by atoms with Crippen molar-refractivity contribution in [2.24, 2.45) is 0 Å². The molecule has 4 heterocycles. The van der Waals surface area contributed by atoms with E-state index in [0.717, 1.165) is 47.7 Å². The Kier molecular flexibility index (Phi) is 3.59. The Bertz CT molecular complexity index is 1030. The van der Waals surface area contributed by atoms with Gasteiger partial charge in [0, 0.05) is 30.9 Å². The number of pyridine rings is 1. The van der Waals surface area contributed by atoms with Crippen LogP contribution in [0.4, 0.5) is 5.82 Å². The largest absolute Gasteiger partial charge is 0.355 e. The first-order valence-electron chi connectivity index (χ1n) is 8.80. The zero-order chi connectivity index (χ0) is 17.3. The second kappa shape index (κ2) is 6.22. The van der Waals surface area contributed by atoms with E-state index in [0.29, 0.717) is 5.92 Å². The summed E-state index contributed by atoms with van der Waals surface area (Å²) in [6.45, 7) is 1.88. The van der Waals surface area contributed by atoms with E-state index in [2.05, 4.69) is 37.1 Å². The van der Waals surface area contributed by atoms with Crippen molar-refractivity contribution in [1.29, 1.82) is 0 Å². The number of para-hydroxylation sites is 1. The number of aromatic nitrogens is 5. The summed E-state index contributed by atoms with van der Waals surface area (Å²) < 4.78 is 1.87. The number of fused-ring (bicyclic) bond motifs is 1. The fraction of sp³-hybridized carbons (Fsp3) is 0.200. The summed E-state index contributed by atoms with van der Waals surface area (Å²) in [7, 11) is 0. The molecule has 6 heteroatoms. The van der Waals surface area contributed by atoms with Gasteiger partial charge in [0.25, 0.3) is 0 Å². The Balaban J connectivity index is 1.50. The molecule has 1 atom stereocenters. The van der Waals surface area contributed by atoms with E-state index in [1.807, 2.05) is 53.5 Å². The van der Waals surface area contributed by atoms with E-state index in [1.165, 1.54) is 0 Å². The highest BCUT2D eigenvalue weighted by atomic mass is 15.3. The summed E-state index contributed by atoms with van der Waals surface area (Å²) in [5, 5.41) is 5.53. The average molecular weight is 342 g/mol. The molecule has 0 N–H and O–H groups in total.